The third-order valence-corrected chi connectivity index (χ3v) is 4.24. The summed E-state index contributed by atoms with van der Waals surface area (Å²) in [6.45, 7) is 2.74. The molecule has 1 heterocycles. The van der Waals surface area contributed by atoms with E-state index in [2.05, 4.69) is 0 Å². The number of aromatic hydroxyl groups is 1. The number of allylic oxidation sites excluding steroid dienone is 1. The van der Waals surface area contributed by atoms with Gasteiger partial charge >= 0.3 is 0 Å². The van der Waals surface area contributed by atoms with Crippen molar-refractivity contribution in [2.24, 2.45) is 0 Å². The minimum absolute atomic E-state index is 0.0467. The predicted octanol–water partition coefficient (Wildman–Crippen LogP) is 3.90. The van der Waals surface area contributed by atoms with Gasteiger partial charge in [-0.15, -0.1) is 0 Å². The average Bonchev–Trinajstić information content (AvgIpc) is 2.60. The number of benzene rings is 2. The summed E-state index contributed by atoms with van der Waals surface area (Å²) in [6, 6.07) is 10.5. The standard InChI is InChI=1S/C21H18O5/c1-12(22)8-9-15-16(13(2)23)10-17(24)20-18(25)11-19(26-21(15)20)14-6-4-3-5-7-14/h3-10,19,24H,11H2,1-2H3/b9-8+/t19-/m0/s1. The van der Waals surface area contributed by atoms with Crippen LogP contribution in [0, 0.1) is 0 Å². The van der Waals surface area contributed by atoms with Crippen molar-refractivity contribution in [2.75, 3.05) is 0 Å². The molecule has 0 bridgehead atoms. The fourth-order valence-electron chi connectivity index (χ4n) is 3.02. The van der Waals surface area contributed by atoms with Crippen LogP contribution in [0.2, 0.25) is 0 Å². The molecule has 0 aromatic heterocycles. The number of carbonyl (C=O) groups excluding carboxylic acids is 3. The molecule has 0 radical (unpaired) electrons. The van der Waals surface area contributed by atoms with E-state index in [9.17, 15) is 19.5 Å². The second kappa shape index (κ2) is 6.96. The molecule has 0 unspecified atom stereocenters. The van der Waals surface area contributed by atoms with Crippen LogP contribution in [0.3, 0.4) is 0 Å². The van der Waals surface area contributed by atoms with Gasteiger partial charge in [0.25, 0.3) is 0 Å². The second-order valence-electron chi connectivity index (χ2n) is 6.21. The second-order valence-corrected chi connectivity index (χ2v) is 6.21. The van der Waals surface area contributed by atoms with E-state index in [-0.39, 0.29) is 46.4 Å². The Morgan fingerprint density at radius 2 is 1.88 bits per heavy atom. The molecule has 1 atom stereocenters. The van der Waals surface area contributed by atoms with Gasteiger partial charge in [0.15, 0.2) is 17.3 Å². The van der Waals surface area contributed by atoms with Gasteiger partial charge in [0, 0.05) is 11.1 Å². The molecule has 0 fully saturated rings. The van der Waals surface area contributed by atoms with Crippen molar-refractivity contribution in [3.63, 3.8) is 0 Å². The Kier molecular flexibility index (Phi) is 4.71. The number of Topliss-reactive ketones (excluding diaryl/α,β-unsaturated/α-hetero) is 2. The Morgan fingerprint density at radius 1 is 1.19 bits per heavy atom. The number of hydrogen-bond acceptors (Lipinski definition) is 5. The zero-order valence-corrected chi connectivity index (χ0v) is 14.5. The zero-order chi connectivity index (χ0) is 18.8. The first-order valence-electron chi connectivity index (χ1n) is 8.22. The average molecular weight is 350 g/mol. The van der Waals surface area contributed by atoms with Crippen LogP contribution in [0.5, 0.6) is 11.5 Å². The Morgan fingerprint density at radius 3 is 2.50 bits per heavy atom. The fourth-order valence-corrected chi connectivity index (χ4v) is 3.02. The molecule has 5 nitrogen and oxygen atoms in total. The number of phenolic OH excluding ortho intramolecular Hbond substituents is 1. The van der Waals surface area contributed by atoms with Crippen LogP contribution in [0.4, 0.5) is 0 Å². The van der Waals surface area contributed by atoms with Gasteiger partial charge in [-0.2, -0.15) is 0 Å². The summed E-state index contributed by atoms with van der Waals surface area (Å²) in [7, 11) is 0. The number of fused-ring (bicyclic) bond motifs is 1. The van der Waals surface area contributed by atoms with Crippen molar-refractivity contribution in [3.8, 4) is 11.5 Å². The summed E-state index contributed by atoms with van der Waals surface area (Å²) in [5.41, 5.74) is 1.39. The normalized spacial score (nSPS) is 16.2. The molecular weight excluding hydrogens is 332 g/mol. The van der Waals surface area contributed by atoms with Crippen molar-refractivity contribution in [1.29, 1.82) is 0 Å². The zero-order valence-electron chi connectivity index (χ0n) is 14.5. The van der Waals surface area contributed by atoms with Gasteiger partial charge in [-0.3, -0.25) is 14.4 Å². The van der Waals surface area contributed by atoms with Crippen molar-refractivity contribution in [2.45, 2.75) is 26.4 Å². The molecule has 2 aromatic carbocycles. The minimum Gasteiger partial charge on any atom is -0.507 e. The number of carbonyl (C=O) groups is 3. The van der Waals surface area contributed by atoms with Crippen LogP contribution in [0.25, 0.3) is 6.08 Å². The highest BCUT2D eigenvalue weighted by molar-refractivity contribution is 6.08. The molecule has 132 valence electrons. The van der Waals surface area contributed by atoms with Crippen molar-refractivity contribution >= 4 is 23.4 Å². The van der Waals surface area contributed by atoms with Crippen LogP contribution in [0.1, 0.15) is 58.2 Å². The van der Waals surface area contributed by atoms with Gasteiger partial charge in [0.05, 0.1) is 6.42 Å². The summed E-state index contributed by atoms with van der Waals surface area (Å²) in [6.07, 6.45) is 2.32. The molecule has 0 saturated carbocycles. The topological polar surface area (TPSA) is 80.7 Å². The van der Waals surface area contributed by atoms with Crippen LogP contribution >= 0.6 is 0 Å². The molecule has 5 heteroatoms. The lowest BCUT2D eigenvalue weighted by Crippen LogP contribution is -2.22. The van der Waals surface area contributed by atoms with Crippen LogP contribution in [-0.4, -0.2) is 22.5 Å². The molecule has 0 aliphatic carbocycles. The third-order valence-electron chi connectivity index (χ3n) is 4.24. The van der Waals surface area contributed by atoms with Gasteiger partial charge < -0.3 is 9.84 Å². The molecule has 26 heavy (non-hydrogen) atoms. The molecule has 0 amide bonds. The maximum Gasteiger partial charge on any atom is 0.174 e. The van der Waals surface area contributed by atoms with Crippen molar-refractivity contribution in [3.05, 3.63) is 64.7 Å². The van der Waals surface area contributed by atoms with Crippen LogP contribution in [0.15, 0.2) is 42.5 Å². The molecule has 1 N–H and O–H groups in total. The van der Waals surface area contributed by atoms with Gasteiger partial charge in [-0.05, 0) is 37.6 Å². The number of phenols is 1. The Hall–Kier alpha value is -3.21. The summed E-state index contributed by atoms with van der Waals surface area (Å²) in [4.78, 5) is 36.0. The highest BCUT2D eigenvalue weighted by atomic mass is 16.5. The van der Waals surface area contributed by atoms with Crippen LogP contribution < -0.4 is 4.74 Å². The monoisotopic (exact) mass is 350 g/mol. The van der Waals surface area contributed by atoms with E-state index in [1.54, 1.807) is 0 Å². The highest BCUT2D eigenvalue weighted by Gasteiger charge is 2.33. The number of rotatable bonds is 4. The molecular formula is C21H18O5. The maximum atomic E-state index is 12.6. The SMILES string of the molecule is CC(=O)/C=C/c1c(C(C)=O)cc(O)c2c1O[C@H](c1ccccc1)CC2=O. The predicted molar refractivity (Wildman–Crippen MR) is 96.6 cm³/mol. The molecule has 2 aromatic rings. The molecule has 3 rings (SSSR count). The lowest BCUT2D eigenvalue weighted by atomic mass is 9.90. The molecule has 0 spiro atoms. The maximum absolute atomic E-state index is 12.6. The van der Waals surface area contributed by atoms with E-state index < -0.39 is 6.10 Å². The lowest BCUT2D eigenvalue weighted by Gasteiger charge is -2.28. The number of hydrogen-bond donors (Lipinski definition) is 1. The molecule has 1 aliphatic heterocycles. The Balaban J connectivity index is 2.20. The third kappa shape index (κ3) is 3.28. The van der Waals surface area contributed by atoms with Crippen molar-refractivity contribution < 1.29 is 24.2 Å². The van der Waals surface area contributed by atoms with E-state index >= 15 is 0 Å². The van der Waals surface area contributed by atoms with Gasteiger partial charge in [0.1, 0.15) is 23.2 Å². The van der Waals surface area contributed by atoms with E-state index in [0.717, 1.165) is 5.56 Å². The smallest absolute Gasteiger partial charge is 0.174 e. The Labute approximate surface area is 150 Å². The van der Waals surface area contributed by atoms with E-state index in [1.165, 1.54) is 32.1 Å². The summed E-state index contributed by atoms with van der Waals surface area (Å²) in [5, 5.41) is 10.3. The van der Waals surface area contributed by atoms with Crippen LogP contribution in [-0.2, 0) is 4.79 Å². The quantitative estimate of drug-likeness (QED) is 0.668. The summed E-state index contributed by atoms with van der Waals surface area (Å²) < 4.78 is 6.03. The first-order chi connectivity index (χ1) is 12.4. The molecule has 1 aliphatic rings. The summed E-state index contributed by atoms with van der Waals surface area (Å²) >= 11 is 0. The first kappa shape index (κ1) is 17.6. The number of ether oxygens (including phenoxy) is 1. The first-order valence-corrected chi connectivity index (χ1v) is 8.22. The lowest BCUT2D eigenvalue weighted by molar-refractivity contribution is -0.112. The van der Waals surface area contributed by atoms with Gasteiger partial charge in [-0.25, -0.2) is 0 Å². The van der Waals surface area contributed by atoms with Gasteiger partial charge in [-0.1, -0.05) is 30.3 Å². The Bertz CT molecular complexity index is 925. The highest BCUT2D eigenvalue weighted by Crippen LogP contribution is 2.43. The number of ketones is 3. The van der Waals surface area contributed by atoms with E-state index in [1.807, 2.05) is 30.3 Å². The molecule has 0 saturated heterocycles. The minimum atomic E-state index is -0.526. The van der Waals surface area contributed by atoms with Gasteiger partial charge in [0.2, 0.25) is 0 Å². The van der Waals surface area contributed by atoms with E-state index in [4.69, 9.17) is 4.74 Å². The summed E-state index contributed by atoms with van der Waals surface area (Å²) in [5.74, 6) is -0.933. The largest absolute Gasteiger partial charge is 0.507 e. The van der Waals surface area contributed by atoms with Crippen molar-refractivity contribution in [1.82, 2.24) is 0 Å². The van der Waals surface area contributed by atoms with E-state index in [0.29, 0.717) is 5.56 Å². The fraction of sp³-hybridized carbons (Fsp3) is 0.190.